The molecule has 25 heavy (non-hydrogen) atoms. The summed E-state index contributed by atoms with van der Waals surface area (Å²) >= 11 is 1.38. The number of methoxy groups -OCH3 is 1. The molecule has 1 amide bonds. The molecular formula is C19H23FN2O2S. The Hall–Kier alpha value is -1.66. The van der Waals surface area contributed by atoms with E-state index in [-0.39, 0.29) is 23.2 Å². The first kappa shape index (κ1) is 16.8. The van der Waals surface area contributed by atoms with E-state index in [2.05, 4.69) is 24.1 Å². The van der Waals surface area contributed by atoms with Gasteiger partial charge < -0.3 is 10.1 Å². The Balaban J connectivity index is 1.60. The lowest BCUT2D eigenvalue weighted by molar-refractivity contribution is -0.0377. The van der Waals surface area contributed by atoms with Crippen molar-refractivity contribution in [2.45, 2.75) is 38.3 Å². The number of piperidine rings is 3. The average Bonchev–Trinajstić information content (AvgIpc) is 3.00. The molecule has 1 atom stereocenters. The number of carbonyl (C=O) groups is 1. The first-order valence-electron chi connectivity index (χ1n) is 8.73. The van der Waals surface area contributed by atoms with E-state index in [1.165, 1.54) is 24.5 Å². The SMILES string of the molecule is COc1cc2sc(C(=O)NC3C4CCN(CC4)C3(C)C)cc2cc1F. The van der Waals surface area contributed by atoms with Gasteiger partial charge in [-0.05, 0) is 63.2 Å². The fourth-order valence-electron chi connectivity index (χ4n) is 4.40. The normalized spacial score (nSPS) is 27.4. The monoisotopic (exact) mass is 362 g/mol. The molecule has 0 aliphatic carbocycles. The van der Waals surface area contributed by atoms with Gasteiger partial charge in [0.1, 0.15) is 0 Å². The molecule has 6 heteroatoms. The second-order valence-corrected chi connectivity index (χ2v) is 8.65. The minimum Gasteiger partial charge on any atom is -0.494 e. The Bertz CT molecular complexity index is 824. The van der Waals surface area contributed by atoms with Gasteiger partial charge in [0.25, 0.3) is 5.91 Å². The molecule has 4 nitrogen and oxygen atoms in total. The van der Waals surface area contributed by atoms with Crippen molar-refractivity contribution in [3.8, 4) is 5.75 Å². The lowest BCUT2D eigenvalue weighted by Crippen LogP contribution is -2.69. The molecule has 1 N–H and O–H groups in total. The molecule has 2 bridgehead atoms. The van der Waals surface area contributed by atoms with Crippen molar-refractivity contribution in [3.63, 3.8) is 0 Å². The zero-order chi connectivity index (χ0) is 17.8. The number of benzene rings is 1. The lowest BCUT2D eigenvalue weighted by atomic mass is 9.72. The Morgan fingerprint density at radius 1 is 1.32 bits per heavy atom. The zero-order valence-electron chi connectivity index (χ0n) is 14.8. The highest BCUT2D eigenvalue weighted by Gasteiger charge is 2.48. The number of amides is 1. The molecule has 3 aliphatic rings. The van der Waals surface area contributed by atoms with E-state index in [0.29, 0.717) is 10.8 Å². The molecular weight excluding hydrogens is 339 g/mol. The van der Waals surface area contributed by atoms with Crippen molar-refractivity contribution in [2.75, 3.05) is 20.2 Å². The van der Waals surface area contributed by atoms with Crippen LogP contribution in [0, 0.1) is 11.7 Å². The quantitative estimate of drug-likeness (QED) is 0.906. The Morgan fingerprint density at radius 3 is 2.68 bits per heavy atom. The van der Waals surface area contributed by atoms with E-state index in [9.17, 15) is 9.18 Å². The van der Waals surface area contributed by atoms with E-state index >= 15 is 0 Å². The van der Waals surface area contributed by atoms with E-state index in [0.717, 1.165) is 36.0 Å². The van der Waals surface area contributed by atoms with E-state index in [1.54, 1.807) is 12.1 Å². The Kier molecular flexibility index (Phi) is 4.00. The third-order valence-electron chi connectivity index (χ3n) is 5.89. The van der Waals surface area contributed by atoms with Gasteiger partial charge in [0, 0.05) is 22.3 Å². The van der Waals surface area contributed by atoms with Crippen LogP contribution in [-0.4, -0.2) is 42.6 Å². The van der Waals surface area contributed by atoms with Crippen LogP contribution in [-0.2, 0) is 0 Å². The number of carbonyl (C=O) groups excluding carboxylic acids is 1. The number of thiophene rings is 1. The number of rotatable bonds is 3. The van der Waals surface area contributed by atoms with Crippen molar-refractivity contribution in [1.29, 1.82) is 0 Å². The second-order valence-electron chi connectivity index (χ2n) is 7.56. The minimum atomic E-state index is -0.404. The zero-order valence-corrected chi connectivity index (χ0v) is 15.6. The maximum Gasteiger partial charge on any atom is 0.261 e. The summed E-state index contributed by atoms with van der Waals surface area (Å²) in [6, 6.07) is 5.01. The summed E-state index contributed by atoms with van der Waals surface area (Å²) in [4.78, 5) is 15.9. The van der Waals surface area contributed by atoms with Crippen LogP contribution in [0.5, 0.6) is 5.75 Å². The summed E-state index contributed by atoms with van der Waals surface area (Å²) in [7, 11) is 1.45. The molecule has 0 spiro atoms. The summed E-state index contributed by atoms with van der Waals surface area (Å²) in [6.45, 7) is 6.67. The molecule has 1 aromatic carbocycles. The number of halogens is 1. The van der Waals surface area contributed by atoms with Gasteiger partial charge in [0.15, 0.2) is 11.6 Å². The molecule has 134 valence electrons. The van der Waals surface area contributed by atoms with Crippen LogP contribution < -0.4 is 10.1 Å². The standard InChI is InChI=1S/C19H23FN2O2S/c1-19(2)17(11-4-6-22(19)7-5-11)21-18(23)16-9-12-8-13(20)14(24-3)10-15(12)25-16/h8-11,17H,4-7H2,1-3H3,(H,21,23). The van der Waals surface area contributed by atoms with Gasteiger partial charge in [0.2, 0.25) is 0 Å². The molecule has 3 aliphatic heterocycles. The van der Waals surface area contributed by atoms with E-state index in [4.69, 9.17) is 4.74 Å². The topological polar surface area (TPSA) is 41.6 Å². The number of ether oxygens (including phenoxy) is 1. The van der Waals surface area contributed by atoms with Crippen molar-refractivity contribution < 1.29 is 13.9 Å². The van der Waals surface area contributed by atoms with Crippen molar-refractivity contribution >= 4 is 27.3 Å². The van der Waals surface area contributed by atoms with Gasteiger partial charge in [-0.25, -0.2) is 4.39 Å². The van der Waals surface area contributed by atoms with Gasteiger partial charge in [0.05, 0.1) is 12.0 Å². The highest BCUT2D eigenvalue weighted by Crippen LogP contribution is 2.39. The van der Waals surface area contributed by atoms with Crippen LogP contribution in [0.2, 0.25) is 0 Å². The van der Waals surface area contributed by atoms with Crippen molar-refractivity contribution in [1.82, 2.24) is 10.2 Å². The highest BCUT2D eigenvalue weighted by atomic mass is 32.1. The summed E-state index contributed by atoms with van der Waals surface area (Å²) < 4.78 is 19.8. The van der Waals surface area contributed by atoms with Gasteiger partial charge in [-0.1, -0.05) is 0 Å². The van der Waals surface area contributed by atoms with Crippen LogP contribution in [0.15, 0.2) is 18.2 Å². The molecule has 5 rings (SSSR count). The third kappa shape index (κ3) is 2.72. The molecule has 0 radical (unpaired) electrons. The first-order chi connectivity index (χ1) is 11.9. The third-order valence-corrected chi connectivity index (χ3v) is 6.98. The fraction of sp³-hybridized carbons (Fsp3) is 0.526. The number of hydrogen-bond donors (Lipinski definition) is 1. The summed E-state index contributed by atoms with van der Waals surface area (Å²) in [5, 5.41) is 4.00. The molecule has 0 saturated carbocycles. The number of hydrogen-bond acceptors (Lipinski definition) is 4. The van der Waals surface area contributed by atoms with Crippen LogP contribution in [0.4, 0.5) is 4.39 Å². The van der Waals surface area contributed by atoms with Crippen molar-refractivity contribution in [3.05, 3.63) is 28.9 Å². The van der Waals surface area contributed by atoms with Crippen LogP contribution >= 0.6 is 11.3 Å². The van der Waals surface area contributed by atoms with Gasteiger partial charge in [-0.3, -0.25) is 9.69 Å². The van der Waals surface area contributed by atoms with Gasteiger partial charge in [-0.2, -0.15) is 0 Å². The first-order valence-corrected chi connectivity index (χ1v) is 9.55. The fourth-order valence-corrected chi connectivity index (χ4v) is 5.37. The maximum atomic E-state index is 13.9. The van der Waals surface area contributed by atoms with E-state index in [1.807, 2.05) is 0 Å². The number of nitrogens with one attached hydrogen (secondary N) is 1. The van der Waals surface area contributed by atoms with Crippen LogP contribution in [0.1, 0.15) is 36.4 Å². The highest BCUT2D eigenvalue weighted by molar-refractivity contribution is 7.20. The van der Waals surface area contributed by atoms with E-state index < -0.39 is 5.82 Å². The summed E-state index contributed by atoms with van der Waals surface area (Å²) in [6.07, 6.45) is 2.28. The molecule has 3 fully saturated rings. The average molecular weight is 362 g/mol. The van der Waals surface area contributed by atoms with Crippen LogP contribution in [0.3, 0.4) is 0 Å². The van der Waals surface area contributed by atoms with Gasteiger partial charge in [-0.15, -0.1) is 11.3 Å². The smallest absolute Gasteiger partial charge is 0.261 e. The number of fused-ring (bicyclic) bond motifs is 4. The maximum absolute atomic E-state index is 13.9. The predicted molar refractivity (Wildman–Crippen MR) is 98.0 cm³/mol. The summed E-state index contributed by atoms with van der Waals surface area (Å²) in [5.41, 5.74) is -0.0250. The predicted octanol–water partition coefficient (Wildman–Crippen LogP) is 3.65. The second kappa shape index (κ2) is 5.95. The Morgan fingerprint density at radius 2 is 2.04 bits per heavy atom. The molecule has 4 heterocycles. The molecule has 3 saturated heterocycles. The van der Waals surface area contributed by atoms with Gasteiger partial charge >= 0.3 is 0 Å². The summed E-state index contributed by atoms with van der Waals surface area (Å²) in [5.74, 6) is 0.279. The largest absolute Gasteiger partial charge is 0.494 e. The Labute approximate surface area is 151 Å². The minimum absolute atomic E-state index is 0.0250. The molecule has 2 aromatic rings. The van der Waals surface area contributed by atoms with Crippen molar-refractivity contribution in [2.24, 2.45) is 5.92 Å². The lowest BCUT2D eigenvalue weighted by Gasteiger charge is -2.56. The molecule has 1 aromatic heterocycles. The van der Waals surface area contributed by atoms with Crippen LogP contribution in [0.25, 0.3) is 10.1 Å². The molecule has 1 unspecified atom stereocenters. The number of nitrogens with zero attached hydrogens (tertiary/aromatic N) is 1.